The zero-order valence-electron chi connectivity index (χ0n) is 17.2. The second-order valence-electron chi connectivity index (χ2n) is 7.27. The van der Waals surface area contributed by atoms with E-state index in [1.807, 2.05) is 0 Å². The average Bonchev–Trinajstić information content (AvgIpc) is 2.59. The Kier molecular flexibility index (Phi) is 7.38. The molecule has 0 N–H and O–H groups in total. The van der Waals surface area contributed by atoms with Crippen molar-refractivity contribution in [3.8, 4) is 11.5 Å². The lowest BCUT2D eigenvalue weighted by molar-refractivity contribution is -0.138. The van der Waals surface area contributed by atoms with Crippen molar-refractivity contribution in [3.63, 3.8) is 0 Å². The van der Waals surface area contributed by atoms with Gasteiger partial charge in [-0.2, -0.15) is 31.0 Å². The standard InChI is InChI=1S/C20H22F6NO3P/c1-13(2)27(14(3)4)31(28,29-17-9-5-7-15(11-17)19(21,22)23)30-18-10-6-8-16(12-18)20(24,25)26/h5-14H,1-4H3. The molecule has 0 atom stereocenters. The van der Waals surface area contributed by atoms with Crippen LogP contribution in [0.4, 0.5) is 26.3 Å². The van der Waals surface area contributed by atoms with Crippen molar-refractivity contribution in [1.29, 1.82) is 0 Å². The first-order valence-corrected chi connectivity index (χ1v) is 10.8. The summed E-state index contributed by atoms with van der Waals surface area (Å²) in [6, 6.07) is 6.46. The van der Waals surface area contributed by atoms with Gasteiger partial charge in [0, 0.05) is 12.1 Å². The van der Waals surface area contributed by atoms with Gasteiger partial charge in [0.25, 0.3) is 0 Å². The maximum Gasteiger partial charge on any atom is 0.516 e. The summed E-state index contributed by atoms with van der Waals surface area (Å²) in [5.41, 5.74) is -2.06. The molecule has 0 fully saturated rings. The van der Waals surface area contributed by atoms with Gasteiger partial charge in [-0.15, -0.1) is 0 Å². The first-order valence-electron chi connectivity index (χ1n) is 9.26. The molecule has 0 aliphatic rings. The monoisotopic (exact) mass is 469 g/mol. The van der Waals surface area contributed by atoms with E-state index in [2.05, 4.69) is 0 Å². The van der Waals surface area contributed by atoms with Crippen molar-refractivity contribution >= 4 is 7.75 Å². The van der Waals surface area contributed by atoms with E-state index in [0.29, 0.717) is 12.1 Å². The lowest BCUT2D eigenvalue weighted by Crippen LogP contribution is -2.37. The van der Waals surface area contributed by atoms with Crippen LogP contribution in [0.3, 0.4) is 0 Å². The molecule has 172 valence electrons. The molecule has 0 saturated heterocycles. The highest BCUT2D eigenvalue weighted by Crippen LogP contribution is 2.54. The highest BCUT2D eigenvalue weighted by atomic mass is 31.2. The molecular formula is C20H22F6NO3P. The number of hydrogen-bond acceptors (Lipinski definition) is 3. The largest absolute Gasteiger partial charge is 0.516 e. The van der Waals surface area contributed by atoms with Gasteiger partial charge in [-0.3, -0.25) is 0 Å². The zero-order chi connectivity index (χ0) is 23.6. The molecule has 0 aliphatic heterocycles. The molecule has 2 aromatic carbocycles. The Morgan fingerprint density at radius 1 is 0.742 bits per heavy atom. The first-order chi connectivity index (χ1) is 14.1. The van der Waals surface area contributed by atoms with E-state index in [-0.39, 0.29) is 0 Å². The van der Waals surface area contributed by atoms with Crippen molar-refractivity contribution in [2.75, 3.05) is 0 Å². The summed E-state index contributed by atoms with van der Waals surface area (Å²) in [7, 11) is -4.43. The molecule has 0 heterocycles. The van der Waals surface area contributed by atoms with E-state index in [1.165, 1.54) is 4.67 Å². The number of halogens is 6. The van der Waals surface area contributed by atoms with E-state index in [1.54, 1.807) is 27.7 Å². The van der Waals surface area contributed by atoms with Gasteiger partial charge in [0.15, 0.2) is 0 Å². The van der Waals surface area contributed by atoms with Crippen molar-refractivity contribution in [2.45, 2.75) is 52.1 Å². The average molecular weight is 469 g/mol. The van der Waals surface area contributed by atoms with Crippen LogP contribution in [-0.2, 0) is 16.9 Å². The van der Waals surface area contributed by atoms with Gasteiger partial charge in [0.1, 0.15) is 11.5 Å². The van der Waals surface area contributed by atoms with Crippen LogP contribution in [0.5, 0.6) is 11.5 Å². The Morgan fingerprint density at radius 3 is 1.39 bits per heavy atom. The van der Waals surface area contributed by atoms with Crippen LogP contribution in [0.25, 0.3) is 0 Å². The number of nitrogens with zero attached hydrogens (tertiary/aromatic N) is 1. The van der Waals surface area contributed by atoms with Gasteiger partial charge in [-0.1, -0.05) is 12.1 Å². The van der Waals surface area contributed by atoms with Gasteiger partial charge in [0.05, 0.1) is 11.1 Å². The summed E-state index contributed by atoms with van der Waals surface area (Å²) in [5.74, 6) is -0.784. The van der Waals surface area contributed by atoms with Gasteiger partial charge < -0.3 is 9.05 Å². The molecule has 0 radical (unpaired) electrons. The van der Waals surface area contributed by atoms with Crippen molar-refractivity contribution in [1.82, 2.24) is 4.67 Å². The smallest absolute Gasteiger partial charge is 0.404 e. The predicted octanol–water partition coefficient (Wildman–Crippen LogP) is 7.41. The number of hydrogen-bond donors (Lipinski definition) is 0. The third-order valence-corrected chi connectivity index (χ3v) is 6.48. The van der Waals surface area contributed by atoms with Crippen LogP contribution in [0, 0.1) is 0 Å². The van der Waals surface area contributed by atoms with Gasteiger partial charge in [0.2, 0.25) is 0 Å². The fourth-order valence-electron chi connectivity index (χ4n) is 3.00. The van der Waals surface area contributed by atoms with E-state index < -0.39 is 54.8 Å². The number of benzene rings is 2. The van der Waals surface area contributed by atoms with Crippen LogP contribution in [0.1, 0.15) is 38.8 Å². The van der Waals surface area contributed by atoms with Crippen LogP contribution >= 0.6 is 7.75 Å². The number of alkyl halides is 6. The quantitative estimate of drug-likeness (QED) is 0.313. The SMILES string of the molecule is CC(C)N(C(C)C)P(=O)(Oc1cccc(C(F)(F)F)c1)Oc1cccc(C(F)(F)F)c1. The molecule has 0 unspecified atom stereocenters. The summed E-state index contributed by atoms with van der Waals surface area (Å²) < 4.78 is 104. The lowest BCUT2D eigenvalue weighted by atomic mass is 10.2. The van der Waals surface area contributed by atoms with Crippen molar-refractivity contribution in [3.05, 3.63) is 59.7 Å². The topological polar surface area (TPSA) is 38.8 Å². The fourth-order valence-corrected chi connectivity index (χ4v) is 5.12. The lowest BCUT2D eigenvalue weighted by Gasteiger charge is -2.35. The number of rotatable bonds is 7. The highest BCUT2D eigenvalue weighted by molar-refractivity contribution is 7.52. The summed E-state index contributed by atoms with van der Waals surface area (Å²) in [6.07, 6.45) is -9.33. The third-order valence-electron chi connectivity index (χ3n) is 4.11. The summed E-state index contributed by atoms with van der Waals surface area (Å²) in [5, 5.41) is 0. The Bertz CT molecular complexity index is 871. The van der Waals surface area contributed by atoms with Gasteiger partial charge in [-0.25, -0.2) is 4.57 Å². The molecule has 11 heteroatoms. The van der Waals surface area contributed by atoms with E-state index in [0.717, 1.165) is 36.4 Å². The zero-order valence-corrected chi connectivity index (χ0v) is 18.1. The van der Waals surface area contributed by atoms with Crippen LogP contribution < -0.4 is 9.05 Å². The summed E-state index contributed by atoms with van der Waals surface area (Å²) >= 11 is 0. The van der Waals surface area contributed by atoms with Crippen LogP contribution in [0.2, 0.25) is 0 Å². The second-order valence-corrected chi connectivity index (χ2v) is 9.03. The van der Waals surface area contributed by atoms with Gasteiger partial charge >= 0.3 is 20.1 Å². The molecule has 4 nitrogen and oxygen atoms in total. The molecule has 0 amide bonds. The minimum atomic E-state index is -4.67. The summed E-state index contributed by atoms with van der Waals surface area (Å²) in [4.78, 5) is 0. The normalized spacial score (nSPS) is 13.2. The third kappa shape index (κ3) is 6.40. The molecule has 0 bridgehead atoms. The van der Waals surface area contributed by atoms with Gasteiger partial charge in [-0.05, 0) is 64.1 Å². The molecule has 2 aromatic rings. The van der Waals surface area contributed by atoms with Crippen LogP contribution in [0.15, 0.2) is 48.5 Å². The highest BCUT2D eigenvalue weighted by Gasteiger charge is 2.42. The van der Waals surface area contributed by atoms with Crippen molar-refractivity contribution in [2.24, 2.45) is 0 Å². The Balaban J connectivity index is 2.52. The fraction of sp³-hybridized carbons (Fsp3) is 0.400. The van der Waals surface area contributed by atoms with E-state index in [4.69, 9.17) is 9.05 Å². The molecular weight excluding hydrogens is 447 g/mol. The van der Waals surface area contributed by atoms with Crippen molar-refractivity contribution < 1.29 is 40.0 Å². The second kappa shape index (κ2) is 9.12. The maximum absolute atomic E-state index is 13.8. The Hall–Kier alpha value is -2.19. The minimum Gasteiger partial charge on any atom is -0.404 e. The van der Waals surface area contributed by atoms with Crippen LogP contribution in [-0.4, -0.2) is 16.8 Å². The predicted molar refractivity (Wildman–Crippen MR) is 104 cm³/mol. The maximum atomic E-state index is 13.8. The molecule has 0 aromatic heterocycles. The minimum absolute atomic E-state index is 0.392. The molecule has 31 heavy (non-hydrogen) atoms. The molecule has 0 saturated carbocycles. The van der Waals surface area contributed by atoms with E-state index in [9.17, 15) is 30.9 Å². The molecule has 0 aliphatic carbocycles. The van der Waals surface area contributed by atoms with E-state index >= 15 is 0 Å². The molecule has 2 rings (SSSR count). The Morgan fingerprint density at radius 2 is 1.10 bits per heavy atom. The Labute approximate surface area is 176 Å². The molecule has 0 spiro atoms. The summed E-state index contributed by atoms with van der Waals surface area (Å²) in [6.45, 7) is 6.60. The first kappa shape index (κ1) is 25.1.